The Morgan fingerprint density at radius 3 is 2.56 bits per heavy atom. The van der Waals surface area contributed by atoms with Crippen LogP contribution in [0, 0.1) is 5.95 Å². The summed E-state index contributed by atoms with van der Waals surface area (Å²) in [5.41, 5.74) is 13.4. The van der Waals surface area contributed by atoms with Crippen molar-refractivity contribution >= 4 is 11.7 Å². The first-order valence-electron chi connectivity index (χ1n) is 17.8. The van der Waals surface area contributed by atoms with Crippen LogP contribution in [0.3, 0.4) is 0 Å². The van der Waals surface area contributed by atoms with E-state index in [0.717, 1.165) is 64.0 Å². The largest absolute Gasteiger partial charge is 0.395 e. The molecule has 2 aliphatic carbocycles. The van der Waals surface area contributed by atoms with E-state index in [-0.39, 0.29) is 47.0 Å². The van der Waals surface area contributed by atoms with E-state index in [1.165, 1.54) is 34.6 Å². The number of carbonyl (C=O) groups excluding carboxylic acids is 1. The molecule has 1 aliphatic heterocycles. The molecule has 0 unspecified atom stereocenters. The number of β-amino-alcohol motifs (C(OH)–C–C–N with tert-alkyl or cyclic N) is 1. The predicted octanol–water partition coefficient (Wildman–Crippen LogP) is 5.73. The van der Waals surface area contributed by atoms with Crippen molar-refractivity contribution in [2.75, 3.05) is 45.1 Å². The lowest BCUT2D eigenvalue weighted by molar-refractivity contribution is 0.0272. The molecule has 9 nitrogen and oxygen atoms in total. The van der Waals surface area contributed by atoms with Crippen LogP contribution >= 0.6 is 0 Å². The monoisotopic (exact) mass is 678 g/mol. The summed E-state index contributed by atoms with van der Waals surface area (Å²) in [6.45, 7) is 10.2. The minimum Gasteiger partial charge on any atom is -0.395 e. The number of halogens is 1. The van der Waals surface area contributed by atoms with Gasteiger partial charge in [0.15, 0.2) is 0 Å². The van der Waals surface area contributed by atoms with Gasteiger partial charge in [0, 0.05) is 62.3 Å². The molecule has 7 rings (SSSR count). The molecule has 0 radical (unpaired) electrons. The molecule has 0 bridgehead atoms. The Morgan fingerprint density at radius 2 is 1.80 bits per heavy atom. The SMILES string of the molecule is CC1(C)C[C@@H](N2CCN(CCO)CC2)c2ccc(-c3ccc(CO[C@H]4CCC[C@@H]4NC(=O)c4cc(-c5cccnc5F)cnc4N)cc3)cc21. The molecule has 1 saturated heterocycles. The fourth-order valence-corrected chi connectivity index (χ4v) is 8.02. The molecule has 4 N–H and O–H groups in total. The summed E-state index contributed by atoms with van der Waals surface area (Å²) in [6.07, 6.45) is 6.41. The Balaban J connectivity index is 0.972. The van der Waals surface area contributed by atoms with Gasteiger partial charge in [0.25, 0.3) is 5.91 Å². The molecule has 3 aliphatic rings. The number of anilines is 1. The van der Waals surface area contributed by atoms with Gasteiger partial charge in [-0.15, -0.1) is 0 Å². The normalized spacial score (nSPS) is 22.0. The van der Waals surface area contributed by atoms with Crippen molar-refractivity contribution in [1.29, 1.82) is 0 Å². The van der Waals surface area contributed by atoms with Crippen LogP contribution in [0.1, 0.15) is 72.6 Å². The fraction of sp³-hybridized carbons (Fsp3) is 0.425. The van der Waals surface area contributed by atoms with Gasteiger partial charge in [-0.3, -0.25) is 14.6 Å². The van der Waals surface area contributed by atoms with Crippen LogP contribution in [0.2, 0.25) is 0 Å². The average molecular weight is 679 g/mol. The second-order valence-corrected chi connectivity index (χ2v) is 14.6. The first-order chi connectivity index (χ1) is 24.2. The summed E-state index contributed by atoms with van der Waals surface area (Å²) in [4.78, 5) is 26.2. The lowest BCUT2D eigenvalue weighted by atomic mass is 9.85. The van der Waals surface area contributed by atoms with E-state index in [9.17, 15) is 14.3 Å². The summed E-state index contributed by atoms with van der Waals surface area (Å²) in [5, 5.41) is 12.4. The van der Waals surface area contributed by atoms with Crippen LogP contribution in [0.15, 0.2) is 73.1 Å². The number of aliphatic hydroxyl groups excluding tert-OH is 1. The maximum absolute atomic E-state index is 14.3. The maximum Gasteiger partial charge on any atom is 0.255 e. The first kappa shape index (κ1) is 34.2. The van der Waals surface area contributed by atoms with Gasteiger partial charge < -0.3 is 20.9 Å². The third-order valence-electron chi connectivity index (χ3n) is 10.9. The minimum absolute atomic E-state index is 0.0891. The van der Waals surface area contributed by atoms with Crippen LogP contribution in [0.25, 0.3) is 22.3 Å². The molecular weight excluding hydrogens is 631 g/mol. The Bertz CT molecular complexity index is 1820. The molecule has 0 spiro atoms. The molecular formula is C40H47FN6O3. The highest BCUT2D eigenvalue weighted by molar-refractivity contribution is 5.99. The molecule has 3 heterocycles. The number of piperazine rings is 1. The molecule has 3 atom stereocenters. The number of fused-ring (bicyclic) bond motifs is 1. The minimum atomic E-state index is -0.631. The third kappa shape index (κ3) is 7.16. The molecule has 1 amide bonds. The smallest absolute Gasteiger partial charge is 0.255 e. The van der Waals surface area contributed by atoms with Crippen LogP contribution in [0.5, 0.6) is 0 Å². The Hall–Kier alpha value is -4.22. The van der Waals surface area contributed by atoms with Crippen molar-refractivity contribution < 1.29 is 19.0 Å². The van der Waals surface area contributed by atoms with Gasteiger partial charge in [0.1, 0.15) is 5.82 Å². The lowest BCUT2D eigenvalue weighted by Crippen LogP contribution is -2.48. The third-order valence-corrected chi connectivity index (χ3v) is 10.9. The molecule has 1 saturated carbocycles. The van der Waals surface area contributed by atoms with Gasteiger partial charge in [0.2, 0.25) is 5.95 Å². The molecule has 2 fully saturated rings. The molecule has 262 valence electrons. The van der Waals surface area contributed by atoms with Crippen LogP contribution in [-0.4, -0.2) is 82.3 Å². The number of hydrogen-bond donors (Lipinski definition) is 3. The van der Waals surface area contributed by atoms with Gasteiger partial charge in [-0.1, -0.05) is 56.3 Å². The number of carbonyl (C=O) groups is 1. The highest BCUT2D eigenvalue weighted by Gasteiger charge is 2.40. The van der Waals surface area contributed by atoms with Crippen molar-refractivity contribution in [3.63, 3.8) is 0 Å². The number of ether oxygens (including phenoxy) is 1. The van der Waals surface area contributed by atoms with Crippen LogP contribution < -0.4 is 11.1 Å². The number of aromatic nitrogens is 2. The van der Waals surface area contributed by atoms with E-state index < -0.39 is 5.95 Å². The number of nitrogen functional groups attached to an aromatic ring is 1. The van der Waals surface area contributed by atoms with Gasteiger partial charge in [-0.05, 0) is 77.1 Å². The zero-order valence-electron chi connectivity index (χ0n) is 28.9. The summed E-state index contributed by atoms with van der Waals surface area (Å²) in [7, 11) is 0. The lowest BCUT2D eigenvalue weighted by Gasteiger charge is -2.38. The standard InChI is InChI=1S/C40H47FN6O3/c1-40(2)23-35(47-17-15-46(16-18-47)19-20-48)31-13-12-28(22-33(31)40)27-10-8-26(9-11-27)25-50-36-7-3-6-34(36)45-39(49)32-21-29(24-44-38(32)42)30-5-4-14-43-37(30)41/h4-5,8-14,21-22,24,34-36,48H,3,6-7,15-20,23,25H2,1-2H3,(H2,42,44)(H,45,49)/t34-,35+,36-/m0/s1. The highest BCUT2D eigenvalue weighted by atomic mass is 19.1. The fourth-order valence-electron chi connectivity index (χ4n) is 8.02. The number of rotatable bonds is 10. The van der Waals surface area contributed by atoms with E-state index >= 15 is 0 Å². The number of nitrogens with zero attached hydrogens (tertiary/aromatic N) is 4. The molecule has 50 heavy (non-hydrogen) atoms. The van der Waals surface area contributed by atoms with Gasteiger partial charge >= 0.3 is 0 Å². The Kier molecular flexibility index (Phi) is 9.97. The van der Waals surface area contributed by atoms with E-state index in [1.54, 1.807) is 18.2 Å². The van der Waals surface area contributed by atoms with E-state index in [2.05, 4.69) is 81.4 Å². The van der Waals surface area contributed by atoms with Gasteiger partial charge in [-0.2, -0.15) is 4.39 Å². The number of aliphatic hydroxyl groups is 1. The zero-order valence-corrected chi connectivity index (χ0v) is 28.9. The second kappa shape index (κ2) is 14.6. The number of benzene rings is 2. The summed E-state index contributed by atoms with van der Waals surface area (Å²) >= 11 is 0. The number of nitrogens with one attached hydrogen (secondary N) is 1. The van der Waals surface area contributed by atoms with E-state index in [4.69, 9.17) is 10.5 Å². The zero-order chi connectivity index (χ0) is 34.8. The summed E-state index contributed by atoms with van der Waals surface area (Å²) < 4.78 is 20.7. The van der Waals surface area contributed by atoms with Crippen molar-refractivity contribution in [2.45, 2.75) is 69.7 Å². The molecule has 2 aromatic carbocycles. The summed E-state index contributed by atoms with van der Waals surface area (Å²) in [5.74, 6) is -0.893. The molecule has 4 aromatic rings. The van der Waals surface area contributed by atoms with Crippen molar-refractivity contribution in [2.24, 2.45) is 0 Å². The average Bonchev–Trinajstić information content (AvgIpc) is 3.68. The van der Waals surface area contributed by atoms with E-state index in [0.29, 0.717) is 18.2 Å². The molecule has 2 aromatic heterocycles. The van der Waals surface area contributed by atoms with Gasteiger partial charge in [0.05, 0.1) is 30.9 Å². The number of pyridine rings is 2. The Labute approximate surface area is 293 Å². The first-order valence-corrected chi connectivity index (χ1v) is 17.8. The van der Waals surface area contributed by atoms with Crippen LogP contribution in [0.4, 0.5) is 10.2 Å². The topological polar surface area (TPSA) is 117 Å². The molecule has 10 heteroatoms. The Morgan fingerprint density at radius 1 is 1.02 bits per heavy atom. The quantitative estimate of drug-likeness (QED) is 0.182. The number of nitrogens with two attached hydrogens (primary N) is 1. The predicted molar refractivity (Wildman–Crippen MR) is 193 cm³/mol. The van der Waals surface area contributed by atoms with Crippen LogP contribution in [-0.2, 0) is 16.8 Å². The van der Waals surface area contributed by atoms with Gasteiger partial charge in [-0.25, -0.2) is 9.97 Å². The number of amides is 1. The van der Waals surface area contributed by atoms with E-state index in [1.807, 2.05) is 0 Å². The number of hydrogen-bond acceptors (Lipinski definition) is 8. The second-order valence-electron chi connectivity index (χ2n) is 14.6. The highest BCUT2D eigenvalue weighted by Crippen LogP contribution is 2.48. The van der Waals surface area contributed by atoms with Crippen molar-refractivity contribution in [1.82, 2.24) is 25.1 Å². The van der Waals surface area contributed by atoms with Crippen molar-refractivity contribution in [3.8, 4) is 22.3 Å². The summed E-state index contributed by atoms with van der Waals surface area (Å²) in [6, 6.07) is 20.6. The van der Waals surface area contributed by atoms with Crippen molar-refractivity contribution in [3.05, 3.63) is 101 Å². The maximum atomic E-state index is 14.3.